The summed E-state index contributed by atoms with van der Waals surface area (Å²) >= 11 is 6.82. The van der Waals surface area contributed by atoms with Crippen molar-refractivity contribution in [2.24, 2.45) is 0 Å². The van der Waals surface area contributed by atoms with Crippen LogP contribution in [0.5, 0.6) is 5.75 Å². The van der Waals surface area contributed by atoms with E-state index in [4.69, 9.17) is 9.47 Å². The minimum atomic E-state index is -0.561. The van der Waals surface area contributed by atoms with Crippen molar-refractivity contribution < 1.29 is 14.3 Å². The number of carbonyl (C=O) groups excluding carboxylic acids is 1. The molecule has 1 heterocycles. The minimum Gasteiger partial charge on any atom is -0.496 e. The van der Waals surface area contributed by atoms with E-state index in [1.54, 1.807) is 13.3 Å². The zero-order chi connectivity index (χ0) is 16.5. The Hall–Kier alpha value is -1.27. The second kappa shape index (κ2) is 6.46. The van der Waals surface area contributed by atoms with Crippen molar-refractivity contribution in [1.82, 2.24) is 4.57 Å². The van der Waals surface area contributed by atoms with Crippen LogP contribution in [-0.2, 0) is 4.74 Å². The van der Waals surface area contributed by atoms with E-state index in [0.717, 1.165) is 14.5 Å². The Morgan fingerprint density at radius 1 is 1.14 bits per heavy atom. The molecule has 4 nitrogen and oxygen atoms in total. The standard InChI is InChI=1S/C16H17Br2NO3/c1-16(2,3)22-15(20)19-9-11(18)7-13(19)12-6-5-10(17)8-14(12)21-4/h5-9H,1-4H3. The number of hydrogen-bond donors (Lipinski definition) is 0. The monoisotopic (exact) mass is 429 g/mol. The molecule has 1 aromatic carbocycles. The number of halogens is 2. The predicted octanol–water partition coefficient (Wildman–Crippen LogP) is 5.47. The average molecular weight is 431 g/mol. The van der Waals surface area contributed by atoms with Crippen LogP contribution in [-0.4, -0.2) is 23.4 Å². The highest BCUT2D eigenvalue weighted by Gasteiger charge is 2.22. The Kier molecular flexibility index (Phi) is 5.02. The normalized spacial score (nSPS) is 11.4. The van der Waals surface area contributed by atoms with Crippen molar-refractivity contribution in [3.8, 4) is 17.0 Å². The Morgan fingerprint density at radius 3 is 2.41 bits per heavy atom. The molecule has 0 radical (unpaired) electrons. The molecule has 0 aliphatic carbocycles. The van der Waals surface area contributed by atoms with Crippen LogP contribution >= 0.6 is 31.9 Å². The number of benzene rings is 1. The molecule has 0 unspecified atom stereocenters. The van der Waals surface area contributed by atoms with Gasteiger partial charge in [0, 0.05) is 20.7 Å². The fraction of sp³-hybridized carbons (Fsp3) is 0.312. The van der Waals surface area contributed by atoms with Crippen molar-refractivity contribution in [1.29, 1.82) is 0 Å². The van der Waals surface area contributed by atoms with Gasteiger partial charge in [-0.3, -0.25) is 4.57 Å². The van der Waals surface area contributed by atoms with Gasteiger partial charge in [0.1, 0.15) is 11.4 Å². The maximum atomic E-state index is 12.4. The molecule has 0 N–H and O–H groups in total. The Morgan fingerprint density at radius 2 is 1.82 bits per heavy atom. The molecule has 6 heteroatoms. The third-order valence-corrected chi connectivity index (χ3v) is 3.74. The van der Waals surface area contributed by atoms with Gasteiger partial charge < -0.3 is 9.47 Å². The van der Waals surface area contributed by atoms with Crippen LogP contribution < -0.4 is 4.74 Å². The van der Waals surface area contributed by atoms with Crippen LogP contribution in [0.25, 0.3) is 11.3 Å². The highest BCUT2D eigenvalue weighted by molar-refractivity contribution is 9.10. The first-order chi connectivity index (χ1) is 10.2. The molecule has 0 atom stereocenters. The van der Waals surface area contributed by atoms with Crippen molar-refractivity contribution in [3.63, 3.8) is 0 Å². The maximum absolute atomic E-state index is 12.4. The fourth-order valence-corrected chi connectivity index (χ4v) is 2.74. The van der Waals surface area contributed by atoms with Crippen LogP contribution in [0.4, 0.5) is 4.79 Å². The molecule has 0 saturated carbocycles. The van der Waals surface area contributed by atoms with Crippen LogP contribution in [0, 0.1) is 0 Å². The van der Waals surface area contributed by atoms with Crippen LogP contribution in [0.2, 0.25) is 0 Å². The van der Waals surface area contributed by atoms with E-state index in [9.17, 15) is 4.79 Å². The van der Waals surface area contributed by atoms with Gasteiger partial charge in [0.15, 0.2) is 0 Å². The summed E-state index contributed by atoms with van der Waals surface area (Å²) in [5.74, 6) is 0.671. The number of ether oxygens (including phenoxy) is 2. The van der Waals surface area contributed by atoms with Crippen molar-refractivity contribution in [2.75, 3.05) is 7.11 Å². The molecular formula is C16H17Br2NO3. The molecule has 2 aromatic rings. The SMILES string of the molecule is COc1cc(Br)ccc1-c1cc(Br)cn1C(=O)OC(C)(C)C. The third-order valence-electron chi connectivity index (χ3n) is 2.82. The summed E-state index contributed by atoms with van der Waals surface area (Å²) in [6.07, 6.45) is 1.25. The molecule has 118 valence electrons. The van der Waals surface area contributed by atoms with Gasteiger partial charge in [0.05, 0.1) is 12.8 Å². The van der Waals surface area contributed by atoms with Gasteiger partial charge in [-0.2, -0.15) is 0 Å². The summed E-state index contributed by atoms with van der Waals surface area (Å²) in [5, 5.41) is 0. The van der Waals surface area contributed by atoms with Crippen LogP contribution in [0.1, 0.15) is 20.8 Å². The number of methoxy groups -OCH3 is 1. The fourth-order valence-electron chi connectivity index (χ4n) is 1.98. The summed E-state index contributed by atoms with van der Waals surface area (Å²) in [6.45, 7) is 5.51. The molecule has 0 aliphatic rings. The minimum absolute atomic E-state index is 0.432. The lowest BCUT2D eigenvalue weighted by molar-refractivity contribution is 0.0540. The lowest BCUT2D eigenvalue weighted by Gasteiger charge is -2.20. The van der Waals surface area contributed by atoms with E-state index in [1.807, 2.05) is 45.0 Å². The predicted molar refractivity (Wildman–Crippen MR) is 93.5 cm³/mol. The smallest absolute Gasteiger partial charge is 0.419 e. The molecule has 0 saturated heterocycles. The zero-order valence-corrected chi connectivity index (χ0v) is 16.0. The number of carbonyl (C=O) groups is 1. The second-order valence-electron chi connectivity index (χ2n) is 5.74. The first kappa shape index (κ1) is 17.1. The summed E-state index contributed by atoms with van der Waals surface area (Å²) in [6, 6.07) is 7.51. The van der Waals surface area contributed by atoms with E-state index in [0.29, 0.717) is 11.4 Å². The van der Waals surface area contributed by atoms with E-state index < -0.39 is 11.7 Å². The van der Waals surface area contributed by atoms with E-state index in [2.05, 4.69) is 31.9 Å². The summed E-state index contributed by atoms with van der Waals surface area (Å²) in [5.41, 5.74) is 0.947. The number of rotatable bonds is 2. The highest BCUT2D eigenvalue weighted by Crippen LogP contribution is 2.35. The third kappa shape index (κ3) is 3.93. The number of nitrogens with zero attached hydrogens (tertiary/aromatic N) is 1. The van der Waals surface area contributed by atoms with E-state index in [1.165, 1.54) is 4.57 Å². The molecule has 0 aliphatic heterocycles. The molecule has 2 rings (SSSR count). The summed E-state index contributed by atoms with van der Waals surface area (Å²) in [7, 11) is 1.60. The van der Waals surface area contributed by atoms with Gasteiger partial charge in [-0.15, -0.1) is 0 Å². The Labute approximate surface area is 146 Å². The van der Waals surface area contributed by atoms with Gasteiger partial charge in [-0.05, 0) is 61.0 Å². The number of hydrogen-bond acceptors (Lipinski definition) is 3. The lowest BCUT2D eigenvalue weighted by Crippen LogP contribution is -2.27. The average Bonchev–Trinajstić information content (AvgIpc) is 2.78. The molecule has 1 aromatic heterocycles. The van der Waals surface area contributed by atoms with Crippen LogP contribution in [0.15, 0.2) is 39.4 Å². The van der Waals surface area contributed by atoms with Crippen molar-refractivity contribution in [3.05, 3.63) is 39.4 Å². The zero-order valence-electron chi connectivity index (χ0n) is 12.8. The van der Waals surface area contributed by atoms with Crippen molar-refractivity contribution in [2.45, 2.75) is 26.4 Å². The quantitative estimate of drug-likeness (QED) is 0.633. The molecule has 0 amide bonds. The molecule has 0 spiro atoms. The topological polar surface area (TPSA) is 40.5 Å². The van der Waals surface area contributed by atoms with Crippen molar-refractivity contribution >= 4 is 38.0 Å². The van der Waals surface area contributed by atoms with Gasteiger partial charge >= 0.3 is 6.09 Å². The maximum Gasteiger partial charge on any atom is 0.419 e. The highest BCUT2D eigenvalue weighted by atomic mass is 79.9. The lowest BCUT2D eigenvalue weighted by atomic mass is 10.1. The van der Waals surface area contributed by atoms with Crippen LogP contribution in [0.3, 0.4) is 0 Å². The molecule has 0 bridgehead atoms. The van der Waals surface area contributed by atoms with E-state index in [-0.39, 0.29) is 0 Å². The largest absolute Gasteiger partial charge is 0.496 e. The molecule has 0 fully saturated rings. The molecule has 22 heavy (non-hydrogen) atoms. The second-order valence-corrected chi connectivity index (χ2v) is 7.57. The van der Waals surface area contributed by atoms with E-state index >= 15 is 0 Å². The number of aromatic nitrogens is 1. The van der Waals surface area contributed by atoms with Gasteiger partial charge in [-0.1, -0.05) is 15.9 Å². The Balaban J connectivity index is 2.51. The van der Waals surface area contributed by atoms with Gasteiger partial charge in [0.25, 0.3) is 0 Å². The first-order valence-corrected chi connectivity index (χ1v) is 8.25. The summed E-state index contributed by atoms with van der Waals surface area (Å²) < 4.78 is 14.0. The Bertz CT molecular complexity index is 702. The summed E-state index contributed by atoms with van der Waals surface area (Å²) in [4.78, 5) is 12.4. The van der Waals surface area contributed by atoms with Gasteiger partial charge in [-0.25, -0.2) is 4.79 Å². The molecular weight excluding hydrogens is 414 g/mol. The first-order valence-electron chi connectivity index (χ1n) is 6.66. The van der Waals surface area contributed by atoms with Gasteiger partial charge in [0.2, 0.25) is 0 Å².